The predicted molar refractivity (Wildman–Crippen MR) is 104 cm³/mol. The normalized spacial score (nSPS) is 15.9. The molecule has 0 spiro atoms. The van der Waals surface area contributed by atoms with E-state index in [0.717, 1.165) is 17.7 Å². The predicted octanol–water partition coefficient (Wildman–Crippen LogP) is 3.74. The van der Waals surface area contributed by atoms with Crippen LogP contribution in [0.4, 0.5) is 5.69 Å². The summed E-state index contributed by atoms with van der Waals surface area (Å²) in [6.07, 6.45) is 2.82. The lowest BCUT2D eigenvalue weighted by Gasteiger charge is -2.37. The van der Waals surface area contributed by atoms with Crippen molar-refractivity contribution in [2.45, 2.75) is 25.8 Å². The van der Waals surface area contributed by atoms with Gasteiger partial charge < -0.3 is 9.80 Å². The molecule has 1 aliphatic heterocycles. The van der Waals surface area contributed by atoms with Gasteiger partial charge in [0.05, 0.1) is 12.5 Å². The zero-order valence-corrected chi connectivity index (χ0v) is 15.1. The summed E-state index contributed by atoms with van der Waals surface area (Å²) in [4.78, 5) is 28.8. The van der Waals surface area contributed by atoms with E-state index in [1.165, 1.54) is 5.56 Å². The first-order valence-corrected chi connectivity index (χ1v) is 8.93. The van der Waals surface area contributed by atoms with E-state index in [9.17, 15) is 9.59 Å². The zero-order chi connectivity index (χ0) is 18.5. The summed E-state index contributed by atoms with van der Waals surface area (Å²) in [7, 11) is 0. The molecular weight excluding hydrogens is 324 g/mol. The Balaban J connectivity index is 1.90. The Morgan fingerprint density at radius 3 is 2.54 bits per heavy atom. The molecule has 1 atom stereocenters. The number of anilines is 1. The van der Waals surface area contributed by atoms with E-state index in [1.807, 2.05) is 53.4 Å². The van der Waals surface area contributed by atoms with Gasteiger partial charge in [0.15, 0.2) is 0 Å². The molecule has 0 aliphatic carbocycles. The van der Waals surface area contributed by atoms with E-state index in [-0.39, 0.29) is 24.3 Å². The molecule has 0 saturated heterocycles. The highest BCUT2D eigenvalue weighted by Gasteiger charge is 2.32. The van der Waals surface area contributed by atoms with Gasteiger partial charge in [-0.25, -0.2) is 0 Å². The fraction of sp³-hybridized carbons (Fsp3) is 0.273. The number of nitrogens with zero attached hydrogens (tertiary/aromatic N) is 2. The van der Waals surface area contributed by atoms with Gasteiger partial charge in [0.1, 0.15) is 0 Å². The van der Waals surface area contributed by atoms with Crippen molar-refractivity contribution in [1.29, 1.82) is 0 Å². The average molecular weight is 348 g/mol. The molecule has 26 heavy (non-hydrogen) atoms. The first-order valence-electron chi connectivity index (χ1n) is 8.93. The summed E-state index contributed by atoms with van der Waals surface area (Å²) in [5.74, 6) is -0.00339. The number of para-hydroxylation sites is 1. The van der Waals surface area contributed by atoms with Crippen LogP contribution in [-0.2, 0) is 16.0 Å². The van der Waals surface area contributed by atoms with Gasteiger partial charge in [0.25, 0.3) is 0 Å². The Morgan fingerprint density at radius 1 is 1.15 bits per heavy atom. The highest BCUT2D eigenvalue weighted by Crippen LogP contribution is 2.33. The molecule has 0 aromatic heterocycles. The lowest BCUT2D eigenvalue weighted by molar-refractivity contribution is -0.132. The molecule has 4 nitrogen and oxygen atoms in total. The Hall–Kier alpha value is -2.88. The number of carbonyl (C=O) groups excluding carboxylic acids is 2. The molecule has 0 radical (unpaired) electrons. The quantitative estimate of drug-likeness (QED) is 0.772. The van der Waals surface area contributed by atoms with Crippen LogP contribution >= 0.6 is 0 Å². The fourth-order valence-electron chi connectivity index (χ4n) is 3.61. The van der Waals surface area contributed by atoms with Gasteiger partial charge in [-0.3, -0.25) is 9.59 Å². The Bertz CT molecular complexity index is 801. The standard InChI is InChI=1S/C22H24N2O2/c1-3-14-24(19-10-5-4-6-11-19)22(26)16-21-20-12-8-7-9-18(20)13-15-23(21)17(2)25/h3-12,21H,1,13-16H2,2H3. The van der Waals surface area contributed by atoms with E-state index < -0.39 is 0 Å². The number of amides is 2. The van der Waals surface area contributed by atoms with Gasteiger partial charge in [-0.15, -0.1) is 6.58 Å². The van der Waals surface area contributed by atoms with E-state index in [0.29, 0.717) is 13.1 Å². The van der Waals surface area contributed by atoms with Gasteiger partial charge in [0, 0.05) is 25.7 Å². The SMILES string of the molecule is C=CCN(C(=O)CC1c2ccccc2CCN1C(C)=O)c1ccccc1. The van der Waals surface area contributed by atoms with E-state index >= 15 is 0 Å². The molecule has 3 rings (SSSR count). The number of fused-ring (bicyclic) bond motifs is 1. The van der Waals surface area contributed by atoms with Crippen LogP contribution in [0.1, 0.15) is 30.5 Å². The molecule has 0 fully saturated rings. The highest BCUT2D eigenvalue weighted by atomic mass is 16.2. The molecule has 2 amide bonds. The van der Waals surface area contributed by atoms with Crippen LogP contribution in [0.5, 0.6) is 0 Å². The van der Waals surface area contributed by atoms with E-state index in [4.69, 9.17) is 0 Å². The van der Waals surface area contributed by atoms with Gasteiger partial charge in [-0.1, -0.05) is 48.5 Å². The summed E-state index contributed by atoms with van der Waals surface area (Å²) in [6.45, 7) is 6.44. The molecule has 1 aliphatic rings. The Labute approximate surface area is 154 Å². The largest absolute Gasteiger partial charge is 0.335 e. The molecule has 1 heterocycles. The smallest absolute Gasteiger partial charge is 0.229 e. The Kier molecular flexibility index (Phi) is 5.52. The second-order valence-electron chi connectivity index (χ2n) is 6.51. The molecule has 1 unspecified atom stereocenters. The lowest BCUT2D eigenvalue weighted by Crippen LogP contribution is -2.42. The third kappa shape index (κ3) is 3.69. The van der Waals surface area contributed by atoms with Crippen LogP contribution < -0.4 is 4.90 Å². The van der Waals surface area contributed by atoms with Crippen molar-refractivity contribution < 1.29 is 9.59 Å². The third-order valence-electron chi connectivity index (χ3n) is 4.87. The molecule has 4 heteroatoms. The maximum Gasteiger partial charge on any atom is 0.229 e. The number of benzene rings is 2. The van der Waals surface area contributed by atoms with Crippen molar-refractivity contribution >= 4 is 17.5 Å². The van der Waals surface area contributed by atoms with Crippen molar-refractivity contribution in [2.75, 3.05) is 18.0 Å². The number of hydrogen-bond acceptors (Lipinski definition) is 2. The summed E-state index contributed by atoms with van der Waals surface area (Å²) < 4.78 is 0. The van der Waals surface area contributed by atoms with E-state index in [1.54, 1.807) is 17.9 Å². The van der Waals surface area contributed by atoms with E-state index in [2.05, 4.69) is 12.6 Å². The second kappa shape index (κ2) is 8.00. The van der Waals surface area contributed by atoms with Gasteiger partial charge in [-0.05, 0) is 29.7 Å². The number of carbonyl (C=O) groups is 2. The van der Waals surface area contributed by atoms with Crippen LogP contribution in [0, 0.1) is 0 Å². The molecule has 134 valence electrons. The fourth-order valence-corrected chi connectivity index (χ4v) is 3.61. The zero-order valence-electron chi connectivity index (χ0n) is 15.1. The molecule has 2 aromatic rings. The van der Waals surface area contributed by atoms with Gasteiger partial charge in [-0.2, -0.15) is 0 Å². The van der Waals surface area contributed by atoms with Crippen LogP contribution in [0.2, 0.25) is 0 Å². The monoisotopic (exact) mass is 348 g/mol. The van der Waals surface area contributed by atoms with Gasteiger partial charge in [0.2, 0.25) is 11.8 Å². The topological polar surface area (TPSA) is 40.6 Å². The van der Waals surface area contributed by atoms with Crippen LogP contribution in [0.25, 0.3) is 0 Å². The maximum absolute atomic E-state index is 13.1. The minimum Gasteiger partial charge on any atom is -0.335 e. The minimum absolute atomic E-state index is 0.00675. The minimum atomic E-state index is -0.221. The summed E-state index contributed by atoms with van der Waals surface area (Å²) >= 11 is 0. The third-order valence-corrected chi connectivity index (χ3v) is 4.87. The van der Waals surface area contributed by atoms with Crippen LogP contribution in [0.15, 0.2) is 67.3 Å². The average Bonchev–Trinajstić information content (AvgIpc) is 2.66. The summed E-state index contributed by atoms with van der Waals surface area (Å²) in [6, 6.07) is 17.5. The van der Waals surface area contributed by atoms with Crippen molar-refractivity contribution in [1.82, 2.24) is 4.90 Å². The first kappa shape index (κ1) is 17.9. The van der Waals surface area contributed by atoms with Crippen molar-refractivity contribution in [3.05, 3.63) is 78.4 Å². The van der Waals surface area contributed by atoms with Crippen LogP contribution in [-0.4, -0.2) is 29.8 Å². The molecule has 0 N–H and O–H groups in total. The van der Waals surface area contributed by atoms with Crippen molar-refractivity contribution in [2.24, 2.45) is 0 Å². The molecule has 0 bridgehead atoms. The highest BCUT2D eigenvalue weighted by molar-refractivity contribution is 5.94. The maximum atomic E-state index is 13.1. The van der Waals surface area contributed by atoms with Crippen molar-refractivity contribution in [3.63, 3.8) is 0 Å². The Morgan fingerprint density at radius 2 is 1.85 bits per heavy atom. The number of hydrogen-bond donors (Lipinski definition) is 0. The van der Waals surface area contributed by atoms with Gasteiger partial charge >= 0.3 is 0 Å². The number of rotatable bonds is 5. The second-order valence-corrected chi connectivity index (χ2v) is 6.51. The molecule has 0 saturated carbocycles. The molecule has 2 aromatic carbocycles. The van der Waals surface area contributed by atoms with Crippen molar-refractivity contribution in [3.8, 4) is 0 Å². The lowest BCUT2D eigenvalue weighted by atomic mass is 9.90. The first-order chi connectivity index (χ1) is 12.6. The summed E-state index contributed by atoms with van der Waals surface area (Å²) in [5.41, 5.74) is 3.14. The van der Waals surface area contributed by atoms with Crippen LogP contribution in [0.3, 0.4) is 0 Å². The summed E-state index contributed by atoms with van der Waals surface area (Å²) in [5, 5.41) is 0. The molecular formula is C22H24N2O2.